The molecule has 1 atom stereocenters. The Balaban J connectivity index is 1.69. The second-order valence-electron chi connectivity index (χ2n) is 8.33. The highest BCUT2D eigenvalue weighted by atomic mass is 35.5. The molecule has 0 bridgehead atoms. The third kappa shape index (κ3) is 6.00. The van der Waals surface area contributed by atoms with Gasteiger partial charge in [0.25, 0.3) is 0 Å². The molecule has 1 aliphatic rings. The van der Waals surface area contributed by atoms with Crippen LogP contribution in [0.4, 0.5) is 5.69 Å². The summed E-state index contributed by atoms with van der Waals surface area (Å²) in [6.07, 6.45) is 2.91. The van der Waals surface area contributed by atoms with Crippen molar-refractivity contribution in [3.05, 3.63) is 64.7 Å². The minimum absolute atomic E-state index is 0.0765. The molecule has 4 heteroatoms. The van der Waals surface area contributed by atoms with E-state index in [1.165, 1.54) is 5.56 Å². The first-order valence-corrected chi connectivity index (χ1v) is 9.99. The van der Waals surface area contributed by atoms with Crippen LogP contribution < -0.4 is 5.32 Å². The van der Waals surface area contributed by atoms with Crippen LogP contribution in [0.5, 0.6) is 0 Å². The van der Waals surface area contributed by atoms with Gasteiger partial charge in [-0.1, -0.05) is 48.0 Å². The molecule has 0 aliphatic heterocycles. The van der Waals surface area contributed by atoms with Gasteiger partial charge < -0.3 is 10.1 Å². The summed E-state index contributed by atoms with van der Waals surface area (Å²) in [7, 11) is 0. The molecule has 0 amide bonds. The van der Waals surface area contributed by atoms with Gasteiger partial charge in [-0.25, -0.2) is 0 Å². The molecule has 0 radical (unpaired) electrons. The lowest BCUT2D eigenvalue weighted by molar-refractivity contribution is -0.160. The molecular formula is C23H28ClNO2. The van der Waals surface area contributed by atoms with Crippen molar-refractivity contribution < 1.29 is 9.53 Å². The van der Waals surface area contributed by atoms with Crippen molar-refractivity contribution in [1.29, 1.82) is 0 Å². The monoisotopic (exact) mass is 385 g/mol. The van der Waals surface area contributed by atoms with Gasteiger partial charge in [0.15, 0.2) is 0 Å². The maximum Gasteiger partial charge on any atom is 0.310 e. The Labute approximate surface area is 167 Å². The molecule has 1 saturated carbocycles. The topological polar surface area (TPSA) is 38.3 Å². The summed E-state index contributed by atoms with van der Waals surface area (Å²) in [5.41, 5.74) is 2.75. The van der Waals surface area contributed by atoms with E-state index in [1.807, 2.05) is 51.1 Å². The maximum atomic E-state index is 12.6. The van der Waals surface area contributed by atoms with Crippen molar-refractivity contribution >= 4 is 23.3 Å². The second-order valence-corrected chi connectivity index (χ2v) is 8.74. The summed E-state index contributed by atoms with van der Waals surface area (Å²) >= 11 is 6.37. The molecule has 0 heterocycles. The summed E-state index contributed by atoms with van der Waals surface area (Å²) in [5.74, 6) is 0.280. The Bertz CT molecular complexity index is 779. The fraction of sp³-hybridized carbons (Fsp3) is 0.435. The molecule has 1 N–H and O–H groups in total. The smallest absolute Gasteiger partial charge is 0.310 e. The van der Waals surface area contributed by atoms with Crippen molar-refractivity contribution in [2.45, 2.75) is 52.2 Å². The Kier molecular flexibility index (Phi) is 6.11. The van der Waals surface area contributed by atoms with Crippen LogP contribution in [0, 0.1) is 11.8 Å². The zero-order valence-corrected chi connectivity index (χ0v) is 17.1. The van der Waals surface area contributed by atoms with Crippen molar-refractivity contribution in [2.24, 2.45) is 11.8 Å². The molecular weight excluding hydrogens is 358 g/mol. The molecule has 0 saturated heterocycles. The van der Waals surface area contributed by atoms with Gasteiger partial charge in [-0.15, -0.1) is 0 Å². The van der Waals surface area contributed by atoms with Crippen LogP contribution in [-0.4, -0.2) is 11.6 Å². The van der Waals surface area contributed by atoms with Gasteiger partial charge >= 0.3 is 5.97 Å². The number of rotatable bonds is 7. The second kappa shape index (κ2) is 8.35. The molecule has 27 heavy (non-hydrogen) atoms. The van der Waals surface area contributed by atoms with E-state index in [2.05, 4.69) is 23.5 Å². The van der Waals surface area contributed by atoms with Crippen LogP contribution in [-0.2, 0) is 22.5 Å². The van der Waals surface area contributed by atoms with Gasteiger partial charge in [0, 0.05) is 6.54 Å². The van der Waals surface area contributed by atoms with E-state index in [9.17, 15) is 4.79 Å². The Morgan fingerprint density at radius 3 is 2.48 bits per heavy atom. The lowest BCUT2D eigenvalue weighted by Crippen LogP contribution is -2.30. The zero-order chi connectivity index (χ0) is 19.4. The third-order valence-corrected chi connectivity index (χ3v) is 5.04. The van der Waals surface area contributed by atoms with Crippen LogP contribution in [0.15, 0.2) is 48.5 Å². The number of carbonyl (C=O) groups is 1. The maximum absolute atomic E-state index is 12.6. The Morgan fingerprint density at radius 1 is 1.15 bits per heavy atom. The summed E-state index contributed by atoms with van der Waals surface area (Å²) < 4.78 is 5.65. The number of esters is 1. The van der Waals surface area contributed by atoms with E-state index in [-0.39, 0.29) is 11.9 Å². The van der Waals surface area contributed by atoms with Crippen LogP contribution in [0.2, 0.25) is 5.02 Å². The van der Waals surface area contributed by atoms with Crippen LogP contribution in [0.3, 0.4) is 0 Å². The number of ether oxygens (including phenoxy) is 1. The van der Waals surface area contributed by atoms with E-state index >= 15 is 0 Å². The predicted molar refractivity (Wildman–Crippen MR) is 111 cm³/mol. The molecule has 3 nitrogen and oxygen atoms in total. The van der Waals surface area contributed by atoms with Crippen molar-refractivity contribution in [2.75, 3.05) is 5.32 Å². The number of benzene rings is 2. The largest absolute Gasteiger partial charge is 0.460 e. The van der Waals surface area contributed by atoms with Crippen LogP contribution >= 0.6 is 11.6 Å². The fourth-order valence-corrected chi connectivity index (χ4v) is 3.38. The number of carbonyl (C=O) groups excluding carboxylic acids is 1. The molecule has 144 valence electrons. The number of nitrogens with one attached hydrogen (secondary N) is 1. The van der Waals surface area contributed by atoms with E-state index < -0.39 is 5.60 Å². The van der Waals surface area contributed by atoms with Crippen molar-refractivity contribution in [1.82, 2.24) is 0 Å². The minimum Gasteiger partial charge on any atom is -0.460 e. The summed E-state index contributed by atoms with van der Waals surface area (Å²) in [4.78, 5) is 12.6. The van der Waals surface area contributed by atoms with E-state index in [4.69, 9.17) is 16.3 Å². The highest BCUT2D eigenvalue weighted by Crippen LogP contribution is 2.40. The first-order chi connectivity index (χ1) is 12.8. The average Bonchev–Trinajstić information content (AvgIpc) is 3.44. The van der Waals surface area contributed by atoms with Gasteiger partial charge in [-0.05, 0) is 69.2 Å². The Hall–Kier alpha value is -2.00. The fourth-order valence-electron chi connectivity index (χ4n) is 3.20. The van der Waals surface area contributed by atoms with Gasteiger partial charge in [-0.3, -0.25) is 4.79 Å². The van der Waals surface area contributed by atoms with Crippen LogP contribution in [0.25, 0.3) is 0 Å². The van der Waals surface area contributed by atoms with E-state index in [1.54, 1.807) is 0 Å². The van der Waals surface area contributed by atoms with Gasteiger partial charge in [0.05, 0.1) is 16.6 Å². The molecule has 2 aromatic carbocycles. The number of halogens is 1. The summed E-state index contributed by atoms with van der Waals surface area (Å²) in [6.45, 7) is 6.47. The lowest BCUT2D eigenvalue weighted by atomic mass is 9.94. The minimum atomic E-state index is -0.452. The SMILES string of the molecule is CC(C)(C)OC(=O)C(Cc1ccc(Cl)c(NCc2ccccc2)c1)C1CC1. The highest BCUT2D eigenvalue weighted by Gasteiger charge is 2.38. The Morgan fingerprint density at radius 2 is 1.85 bits per heavy atom. The summed E-state index contributed by atoms with van der Waals surface area (Å²) in [6, 6.07) is 16.2. The molecule has 1 aliphatic carbocycles. The standard InChI is InChI=1S/C23H28ClNO2/c1-23(2,3)27-22(26)19(18-10-11-18)13-17-9-12-20(24)21(14-17)25-15-16-7-5-4-6-8-16/h4-9,12,14,18-19,25H,10-11,13,15H2,1-3H3. The van der Waals surface area contributed by atoms with Gasteiger partial charge in [0.1, 0.15) is 5.60 Å². The van der Waals surface area contributed by atoms with E-state index in [0.29, 0.717) is 23.9 Å². The molecule has 0 spiro atoms. The third-order valence-electron chi connectivity index (χ3n) is 4.71. The number of anilines is 1. The molecule has 3 rings (SSSR count). The van der Waals surface area contributed by atoms with Crippen molar-refractivity contribution in [3.63, 3.8) is 0 Å². The lowest BCUT2D eigenvalue weighted by Gasteiger charge is -2.24. The highest BCUT2D eigenvalue weighted by molar-refractivity contribution is 6.33. The first-order valence-electron chi connectivity index (χ1n) is 9.61. The number of hydrogen-bond donors (Lipinski definition) is 1. The van der Waals surface area contributed by atoms with Crippen LogP contribution in [0.1, 0.15) is 44.7 Å². The quantitative estimate of drug-likeness (QED) is 0.606. The average molecular weight is 386 g/mol. The molecule has 2 aromatic rings. The molecule has 0 aromatic heterocycles. The predicted octanol–water partition coefficient (Wildman–Crippen LogP) is 5.86. The van der Waals surface area contributed by atoms with E-state index in [0.717, 1.165) is 24.1 Å². The first kappa shape index (κ1) is 19.8. The zero-order valence-electron chi connectivity index (χ0n) is 16.3. The van der Waals surface area contributed by atoms with Gasteiger partial charge in [-0.2, -0.15) is 0 Å². The van der Waals surface area contributed by atoms with Crippen molar-refractivity contribution in [3.8, 4) is 0 Å². The molecule has 1 unspecified atom stereocenters. The summed E-state index contributed by atoms with van der Waals surface area (Å²) in [5, 5.41) is 4.10. The normalized spacial score (nSPS) is 15.3. The number of hydrogen-bond acceptors (Lipinski definition) is 3. The van der Waals surface area contributed by atoms with Gasteiger partial charge in [0.2, 0.25) is 0 Å². The molecule has 1 fully saturated rings.